The quantitative estimate of drug-likeness (QED) is 0.725. The molecule has 2 atom stereocenters. The van der Waals surface area contributed by atoms with Crippen LogP contribution in [0.1, 0.15) is 52.4 Å². The lowest BCUT2D eigenvalue weighted by atomic mass is 9.98. The van der Waals surface area contributed by atoms with Crippen LogP contribution in [0.3, 0.4) is 0 Å². The standard InChI is InChI=1S/C13H25NO2/c1-3-5-7-11(4-2)13(15)14-10-12-8-6-9-16-12/h11-12H,3-10H2,1-2H3,(H,14,15)/t11-,12+/m1/s1. The van der Waals surface area contributed by atoms with Gasteiger partial charge in [-0.25, -0.2) is 0 Å². The van der Waals surface area contributed by atoms with E-state index in [4.69, 9.17) is 4.74 Å². The molecule has 1 heterocycles. The van der Waals surface area contributed by atoms with Crippen molar-refractivity contribution in [2.75, 3.05) is 13.2 Å². The molecule has 1 saturated heterocycles. The lowest BCUT2D eigenvalue weighted by molar-refractivity contribution is -0.125. The summed E-state index contributed by atoms with van der Waals surface area (Å²) in [5, 5.41) is 3.02. The van der Waals surface area contributed by atoms with Gasteiger partial charge < -0.3 is 10.1 Å². The van der Waals surface area contributed by atoms with Gasteiger partial charge in [0, 0.05) is 19.1 Å². The van der Waals surface area contributed by atoms with E-state index in [-0.39, 0.29) is 17.9 Å². The zero-order valence-electron chi connectivity index (χ0n) is 10.6. The minimum absolute atomic E-state index is 0.196. The van der Waals surface area contributed by atoms with Crippen molar-refractivity contribution in [1.82, 2.24) is 5.32 Å². The van der Waals surface area contributed by atoms with E-state index in [1.807, 2.05) is 0 Å². The topological polar surface area (TPSA) is 38.3 Å². The Balaban J connectivity index is 2.19. The zero-order valence-corrected chi connectivity index (χ0v) is 10.6. The second kappa shape index (κ2) is 7.66. The van der Waals surface area contributed by atoms with Crippen molar-refractivity contribution < 1.29 is 9.53 Å². The second-order valence-corrected chi connectivity index (χ2v) is 4.63. The third kappa shape index (κ3) is 4.52. The molecule has 3 nitrogen and oxygen atoms in total. The largest absolute Gasteiger partial charge is 0.376 e. The maximum atomic E-state index is 11.9. The van der Waals surface area contributed by atoms with Crippen molar-refractivity contribution in [3.63, 3.8) is 0 Å². The molecule has 3 heteroatoms. The van der Waals surface area contributed by atoms with Gasteiger partial charge in [0.2, 0.25) is 5.91 Å². The third-order valence-electron chi connectivity index (χ3n) is 3.30. The van der Waals surface area contributed by atoms with Crippen LogP contribution in [0.2, 0.25) is 0 Å². The fourth-order valence-corrected chi connectivity index (χ4v) is 2.14. The molecular formula is C13H25NO2. The highest BCUT2D eigenvalue weighted by Crippen LogP contribution is 2.14. The summed E-state index contributed by atoms with van der Waals surface area (Å²) in [6, 6.07) is 0. The molecule has 0 bridgehead atoms. The number of ether oxygens (including phenoxy) is 1. The van der Waals surface area contributed by atoms with Gasteiger partial charge in [-0.15, -0.1) is 0 Å². The van der Waals surface area contributed by atoms with Crippen LogP contribution in [0, 0.1) is 5.92 Å². The minimum atomic E-state index is 0.196. The minimum Gasteiger partial charge on any atom is -0.376 e. The van der Waals surface area contributed by atoms with Crippen molar-refractivity contribution in [3.05, 3.63) is 0 Å². The van der Waals surface area contributed by atoms with Gasteiger partial charge in [0.15, 0.2) is 0 Å². The lowest BCUT2D eigenvalue weighted by Gasteiger charge is -2.16. The van der Waals surface area contributed by atoms with Gasteiger partial charge in [0.25, 0.3) is 0 Å². The van der Waals surface area contributed by atoms with Crippen LogP contribution in [0.4, 0.5) is 0 Å². The number of amides is 1. The molecule has 1 rings (SSSR count). The zero-order chi connectivity index (χ0) is 11.8. The summed E-state index contributed by atoms with van der Waals surface area (Å²) in [4.78, 5) is 11.9. The average Bonchev–Trinajstić information content (AvgIpc) is 2.80. The first kappa shape index (κ1) is 13.5. The number of carbonyl (C=O) groups is 1. The van der Waals surface area contributed by atoms with Gasteiger partial charge in [-0.05, 0) is 25.7 Å². The molecule has 0 unspecified atom stereocenters. The van der Waals surface area contributed by atoms with E-state index in [1.54, 1.807) is 0 Å². The molecule has 0 aliphatic carbocycles. The first-order valence-corrected chi connectivity index (χ1v) is 6.67. The van der Waals surface area contributed by atoms with Crippen molar-refractivity contribution in [1.29, 1.82) is 0 Å². The SMILES string of the molecule is CCCC[C@@H](CC)C(=O)NC[C@@H]1CCCO1. The molecule has 0 aromatic rings. The van der Waals surface area contributed by atoms with E-state index in [2.05, 4.69) is 19.2 Å². The molecule has 0 aromatic heterocycles. The number of carbonyl (C=O) groups excluding carboxylic acids is 1. The van der Waals surface area contributed by atoms with E-state index >= 15 is 0 Å². The highest BCUT2D eigenvalue weighted by molar-refractivity contribution is 5.78. The second-order valence-electron chi connectivity index (χ2n) is 4.63. The normalized spacial score (nSPS) is 22.0. The molecule has 1 amide bonds. The van der Waals surface area contributed by atoms with Gasteiger partial charge in [-0.3, -0.25) is 4.79 Å². The molecule has 1 fully saturated rings. The molecule has 1 aliphatic heterocycles. The maximum Gasteiger partial charge on any atom is 0.223 e. The van der Waals surface area contributed by atoms with Crippen LogP contribution in [0.15, 0.2) is 0 Å². The van der Waals surface area contributed by atoms with E-state index in [0.717, 1.165) is 45.1 Å². The Labute approximate surface area is 98.9 Å². The number of hydrogen-bond acceptors (Lipinski definition) is 2. The van der Waals surface area contributed by atoms with Gasteiger partial charge in [-0.1, -0.05) is 26.7 Å². The summed E-state index contributed by atoms with van der Waals surface area (Å²) in [6.45, 7) is 5.80. The van der Waals surface area contributed by atoms with Crippen LogP contribution in [0.25, 0.3) is 0 Å². The number of rotatable bonds is 7. The van der Waals surface area contributed by atoms with Crippen molar-refractivity contribution in [2.45, 2.75) is 58.5 Å². The van der Waals surface area contributed by atoms with E-state index in [9.17, 15) is 4.79 Å². The summed E-state index contributed by atoms with van der Waals surface area (Å²) in [5.41, 5.74) is 0. The Morgan fingerprint density at radius 3 is 2.88 bits per heavy atom. The highest BCUT2D eigenvalue weighted by atomic mass is 16.5. The number of hydrogen-bond donors (Lipinski definition) is 1. The van der Waals surface area contributed by atoms with Crippen molar-refractivity contribution >= 4 is 5.91 Å². The summed E-state index contributed by atoms with van der Waals surface area (Å²) >= 11 is 0. The Morgan fingerprint density at radius 2 is 2.31 bits per heavy atom. The average molecular weight is 227 g/mol. The Bertz CT molecular complexity index is 200. The first-order chi connectivity index (χ1) is 7.77. The first-order valence-electron chi connectivity index (χ1n) is 6.67. The summed E-state index contributed by atoms with van der Waals surface area (Å²) in [5.74, 6) is 0.410. The van der Waals surface area contributed by atoms with Crippen LogP contribution in [0.5, 0.6) is 0 Å². The van der Waals surface area contributed by atoms with Crippen molar-refractivity contribution in [3.8, 4) is 0 Å². The van der Waals surface area contributed by atoms with Gasteiger partial charge in [0.1, 0.15) is 0 Å². The fraction of sp³-hybridized carbons (Fsp3) is 0.923. The molecule has 16 heavy (non-hydrogen) atoms. The molecule has 0 aromatic carbocycles. The summed E-state index contributed by atoms with van der Waals surface area (Å²) in [6.07, 6.45) is 6.75. The van der Waals surface area contributed by atoms with Gasteiger partial charge in [-0.2, -0.15) is 0 Å². The Hall–Kier alpha value is -0.570. The molecule has 1 N–H and O–H groups in total. The number of unbranched alkanes of at least 4 members (excludes halogenated alkanes) is 1. The fourth-order valence-electron chi connectivity index (χ4n) is 2.14. The van der Waals surface area contributed by atoms with Gasteiger partial charge >= 0.3 is 0 Å². The third-order valence-corrected chi connectivity index (χ3v) is 3.30. The summed E-state index contributed by atoms with van der Waals surface area (Å²) < 4.78 is 5.48. The summed E-state index contributed by atoms with van der Waals surface area (Å²) in [7, 11) is 0. The van der Waals surface area contributed by atoms with E-state index < -0.39 is 0 Å². The van der Waals surface area contributed by atoms with Gasteiger partial charge in [0.05, 0.1) is 6.10 Å². The molecule has 94 valence electrons. The van der Waals surface area contributed by atoms with Crippen LogP contribution < -0.4 is 5.32 Å². The molecule has 0 saturated carbocycles. The smallest absolute Gasteiger partial charge is 0.223 e. The lowest BCUT2D eigenvalue weighted by Crippen LogP contribution is -2.36. The van der Waals surface area contributed by atoms with E-state index in [0.29, 0.717) is 6.54 Å². The van der Waals surface area contributed by atoms with E-state index in [1.165, 1.54) is 0 Å². The molecule has 0 spiro atoms. The Morgan fingerprint density at radius 1 is 1.50 bits per heavy atom. The van der Waals surface area contributed by atoms with Crippen LogP contribution in [-0.2, 0) is 9.53 Å². The maximum absolute atomic E-state index is 11.9. The molecule has 1 aliphatic rings. The monoisotopic (exact) mass is 227 g/mol. The molecule has 0 radical (unpaired) electrons. The van der Waals surface area contributed by atoms with Crippen LogP contribution in [-0.4, -0.2) is 25.2 Å². The predicted molar refractivity (Wildman–Crippen MR) is 65.3 cm³/mol. The predicted octanol–water partition coefficient (Wildman–Crippen LogP) is 2.50. The Kier molecular flexibility index (Phi) is 6.46. The highest BCUT2D eigenvalue weighted by Gasteiger charge is 2.19. The van der Waals surface area contributed by atoms with Crippen LogP contribution >= 0.6 is 0 Å². The molecular weight excluding hydrogens is 202 g/mol. The van der Waals surface area contributed by atoms with Crippen molar-refractivity contribution in [2.24, 2.45) is 5.92 Å². The number of nitrogens with one attached hydrogen (secondary N) is 1.